The van der Waals surface area contributed by atoms with Gasteiger partial charge in [0.1, 0.15) is 12.2 Å². The van der Waals surface area contributed by atoms with E-state index in [0.29, 0.717) is 26.1 Å². The van der Waals surface area contributed by atoms with Gasteiger partial charge in [-0.3, -0.25) is 0 Å². The van der Waals surface area contributed by atoms with Crippen LogP contribution in [0.5, 0.6) is 0 Å². The number of hydrogen-bond acceptors (Lipinski definition) is 5. The van der Waals surface area contributed by atoms with Crippen molar-refractivity contribution in [3.8, 4) is 0 Å². The van der Waals surface area contributed by atoms with Crippen molar-refractivity contribution in [2.45, 2.75) is 78.4 Å². The molecule has 0 aromatic heterocycles. The number of unbranched alkanes of at least 4 members (excludes halogenated alkanes) is 2. The molecule has 0 bridgehead atoms. The van der Waals surface area contributed by atoms with E-state index in [1.165, 1.54) is 0 Å². The molecule has 5 nitrogen and oxygen atoms in total. The molecular formula is C17H34O5. The van der Waals surface area contributed by atoms with E-state index < -0.39 is 6.16 Å². The smallest absolute Gasteiger partial charge is 0.431 e. The summed E-state index contributed by atoms with van der Waals surface area (Å²) in [7, 11) is 0. The van der Waals surface area contributed by atoms with Crippen molar-refractivity contribution in [2.75, 3.05) is 26.4 Å². The first-order chi connectivity index (χ1) is 10.6. The maximum absolute atomic E-state index is 11.6. The molecule has 0 heterocycles. The second-order valence-corrected chi connectivity index (χ2v) is 5.62. The van der Waals surface area contributed by atoms with Gasteiger partial charge in [0.2, 0.25) is 0 Å². The van der Waals surface area contributed by atoms with Crippen LogP contribution in [0, 0.1) is 0 Å². The minimum Gasteiger partial charge on any atom is -0.431 e. The zero-order valence-corrected chi connectivity index (χ0v) is 14.8. The molecule has 0 aliphatic rings. The lowest BCUT2D eigenvalue weighted by Gasteiger charge is -2.16. The van der Waals surface area contributed by atoms with Crippen LogP contribution < -0.4 is 0 Å². The normalized spacial score (nSPS) is 13.6. The fourth-order valence-electron chi connectivity index (χ4n) is 1.67. The predicted octanol–water partition coefficient (Wildman–Crippen LogP) is 4.33. The van der Waals surface area contributed by atoms with Crippen molar-refractivity contribution in [2.24, 2.45) is 0 Å². The molecule has 0 aromatic rings. The monoisotopic (exact) mass is 318 g/mol. The molecule has 0 aliphatic carbocycles. The molecule has 0 aliphatic heterocycles. The summed E-state index contributed by atoms with van der Waals surface area (Å²) in [6, 6.07) is 0. The molecule has 0 aromatic carbocycles. The standard InChI is InChI=1S/C17H34O5/c1-5-7-11-19-13-9-15(3)21-17(18)22-16(4)10-14-20-12-8-6-2/h15-16H,5-14H2,1-4H3. The zero-order chi connectivity index (χ0) is 16.6. The summed E-state index contributed by atoms with van der Waals surface area (Å²) in [6.45, 7) is 10.7. The van der Waals surface area contributed by atoms with E-state index in [2.05, 4.69) is 13.8 Å². The molecule has 0 saturated carbocycles. The molecule has 0 N–H and O–H groups in total. The molecular weight excluding hydrogens is 284 g/mol. The molecule has 0 radical (unpaired) electrons. The third-order valence-corrected chi connectivity index (χ3v) is 3.22. The lowest BCUT2D eigenvalue weighted by atomic mass is 10.3. The Kier molecular flexibility index (Phi) is 14.5. The highest BCUT2D eigenvalue weighted by Gasteiger charge is 2.14. The number of ether oxygens (including phenoxy) is 4. The summed E-state index contributed by atoms with van der Waals surface area (Å²) in [5.41, 5.74) is 0. The third-order valence-electron chi connectivity index (χ3n) is 3.22. The number of rotatable bonds is 14. The van der Waals surface area contributed by atoms with Crippen molar-refractivity contribution in [1.29, 1.82) is 0 Å². The quantitative estimate of drug-likeness (QED) is 0.352. The Morgan fingerprint density at radius 1 is 0.773 bits per heavy atom. The lowest BCUT2D eigenvalue weighted by molar-refractivity contribution is -0.0105. The van der Waals surface area contributed by atoms with Crippen LogP contribution in [0.3, 0.4) is 0 Å². The van der Waals surface area contributed by atoms with Crippen molar-refractivity contribution >= 4 is 6.16 Å². The molecule has 0 spiro atoms. The number of carbonyl (C=O) groups is 1. The van der Waals surface area contributed by atoms with Crippen LogP contribution in [0.1, 0.15) is 66.2 Å². The van der Waals surface area contributed by atoms with Gasteiger partial charge in [-0.05, 0) is 26.7 Å². The lowest BCUT2D eigenvalue weighted by Crippen LogP contribution is -2.22. The van der Waals surface area contributed by atoms with Crippen molar-refractivity contribution in [3.63, 3.8) is 0 Å². The highest BCUT2D eigenvalue weighted by atomic mass is 16.7. The first-order valence-corrected chi connectivity index (χ1v) is 8.62. The zero-order valence-electron chi connectivity index (χ0n) is 14.8. The second kappa shape index (κ2) is 15.1. The molecule has 132 valence electrons. The number of carbonyl (C=O) groups excluding carboxylic acids is 1. The first kappa shape index (κ1) is 21.2. The van der Waals surface area contributed by atoms with Gasteiger partial charge in [0.05, 0.1) is 13.2 Å². The van der Waals surface area contributed by atoms with E-state index in [9.17, 15) is 4.79 Å². The maximum atomic E-state index is 11.6. The van der Waals surface area contributed by atoms with Gasteiger partial charge in [-0.2, -0.15) is 0 Å². The molecule has 22 heavy (non-hydrogen) atoms. The molecule has 2 unspecified atom stereocenters. The average Bonchev–Trinajstić information content (AvgIpc) is 2.46. The van der Waals surface area contributed by atoms with Gasteiger partial charge in [0.15, 0.2) is 0 Å². The fourth-order valence-corrected chi connectivity index (χ4v) is 1.67. The van der Waals surface area contributed by atoms with E-state index in [-0.39, 0.29) is 12.2 Å². The van der Waals surface area contributed by atoms with Gasteiger partial charge in [-0.15, -0.1) is 0 Å². The molecule has 2 atom stereocenters. The van der Waals surface area contributed by atoms with Gasteiger partial charge >= 0.3 is 6.16 Å². The minimum absolute atomic E-state index is 0.192. The van der Waals surface area contributed by atoms with Crippen LogP contribution in [-0.4, -0.2) is 44.8 Å². The van der Waals surface area contributed by atoms with Gasteiger partial charge < -0.3 is 18.9 Å². The number of hydrogen-bond donors (Lipinski definition) is 0. The molecule has 0 amide bonds. The maximum Gasteiger partial charge on any atom is 0.508 e. The van der Waals surface area contributed by atoms with Crippen molar-refractivity contribution < 1.29 is 23.7 Å². The van der Waals surface area contributed by atoms with Gasteiger partial charge in [-0.25, -0.2) is 4.79 Å². The first-order valence-electron chi connectivity index (χ1n) is 8.62. The van der Waals surface area contributed by atoms with Crippen molar-refractivity contribution in [3.05, 3.63) is 0 Å². The highest BCUT2D eigenvalue weighted by molar-refractivity contribution is 5.60. The Hall–Kier alpha value is -0.810. The Morgan fingerprint density at radius 2 is 1.18 bits per heavy atom. The summed E-state index contributed by atoms with van der Waals surface area (Å²) in [5.74, 6) is 0. The Bertz CT molecular complexity index is 233. The van der Waals surface area contributed by atoms with Crippen molar-refractivity contribution in [1.82, 2.24) is 0 Å². The molecule has 0 fully saturated rings. The summed E-state index contributed by atoms with van der Waals surface area (Å²) < 4.78 is 21.3. The highest BCUT2D eigenvalue weighted by Crippen LogP contribution is 2.05. The van der Waals surface area contributed by atoms with Crippen LogP contribution >= 0.6 is 0 Å². The topological polar surface area (TPSA) is 54.0 Å². The molecule has 0 rings (SSSR count). The summed E-state index contributed by atoms with van der Waals surface area (Å²) >= 11 is 0. The fraction of sp³-hybridized carbons (Fsp3) is 0.941. The SMILES string of the molecule is CCCCOCCC(C)OC(=O)OC(C)CCOCCCC. The molecule has 0 saturated heterocycles. The second-order valence-electron chi connectivity index (χ2n) is 5.62. The Morgan fingerprint density at radius 3 is 1.55 bits per heavy atom. The summed E-state index contributed by atoms with van der Waals surface area (Å²) in [5, 5.41) is 0. The summed E-state index contributed by atoms with van der Waals surface area (Å²) in [4.78, 5) is 11.6. The van der Waals surface area contributed by atoms with Crippen LogP contribution in [0.25, 0.3) is 0 Å². The minimum atomic E-state index is -0.609. The van der Waals surface area contributed by atoms with E-state index in [1.807, 2.05) is 13.8 Å². The summed E-state index contributed by atoms with van der Waals surface area (Å²) in [6.07, 6.45) is 4.76. The van der Waals surface area contributed by atoms with Gasteiger partial charge in [0.25, 0.3) is 0 Å². The Labute approximate surface area is 135 Å². The van der Waals surface area contributed by atoms with Crippen LogP contribution in [0.2, 0.25) is 0 Å². The van der Waals surface area contributed by atoms with Gasteiger partial charge in [-0.1, -0.05) is 26.7 Å². The van der Waals surface area contributed by atoms with E-state index in [1.54, 1.807) is 0 Å². The van der Waals surface area contributed by atoms with E-state index in [0.717, 1.165) is 38.9 Å². The van der Waals surface area contributed by atoms with Crippen LogP contribution in [-0.2, 0) is 18.9 Å². The predicted molar refractivity (Wildman–Crippen MR) is 87.2 cm³/mol. The largest absolute Gasteiger partial charge is 0.508 e. The Balaban J connectivity index is 3.56. The molecule has 5 heteroatoms. The van der Waals surface area contributed by atoms with Crippen LogP contribution in [0.15, 0.2) is 0 Å². The van der Waals surface area contributed by atoms with E-state index in [4.69, 9.17) is 18.9 Å². The van der Waals surface area contributed by atoms with E-state index >= 15 is 0 Å². The average molecular weight is 318 g/mol. The van der Waals surface area contributed by atoms with Gasteiger partial charge in [0, 0.05) is 26.1 Å². The van der Waals surface area contributed by atoms with Crippen LogP contribution in [0.4, 0.5) is 4.79 Å². The third kappa shape index (κ3) is 14.1.